The number of hydrogen-bond donors (Lipinski definition) is 0. The van der Waals surface area contributed by atoms with Gasteiger partial charge in [-0.15, -0.1) is 0 Å². The van der Waals surface area contributed by atoms with E-state index in [1.165, 1.54) is 13.4 Å². The number of hydroxylamine groups is 2. The summed E-state index contributed by atoms with van der Waals surface area (Å²) in [6.45, 7) is 2.06. The van der Waals surface area contributed by atoms with Crippen LogP contribution in [0.2, 0.25) is 0 Å². The zero-order valence-corrected chi connectivity index (χ0v) is 24.3. The van der Waals surface area contributed by atoms with E-state index >= 15 is 0 Å². The van der Waals surface area contributed by atoms with Gasteiger partial charge in [0.15, 0.2) is 0 Å². The number of amides is 1. The van der Waals surface area contributed by atoms with E-state index in [0.29, 0.717) is 24.2 Å². The van der Waals surface area contributed by atoms with Crippen LogP contribution in [-0.4, -0.2) is 57.0 Å². The summed E-state index contributed by atoms with van der Waals surface area (Å²) in [5.74, 6) is 0.330. The Morgan fingerprint density at radius 2 is 1.86 bits per heavy atom. The van der Waals surface area contributed by atoms with Gasteiger partial charge in [-0.05, 0) is 54.9 Å². The summed E-state index contributed by atoms with van der Waals surface area (Å²) in [6.07, 6.45) is 6.46. The first-order chi connectivity index (χ1) is 20.4. The van der Waals surface area contributed by atoms with Crippen LogP contribution in [0.1, 0.15) is 67.5 Å². The Morgan fingerprint density at radius 3 is 2.55 bits per heavy atom. The van der Waals surface area contributed by atoms with Gasteiger partial charge in [0.25, 0.3) is 11.5 Å². The molecule has 0 N–H and O–H groups in total. The fourth-order valence-electron chi connectivity index (χ4n) is 5.77. The third kappa shape index (κ3) is 5.98. The number of rotatable bonds is 10. The first-order valence-corrected chi connectivity index (χ1v) is 14.4. The predicted octanol–water partition coefficient (Wildman–Crippen LogP) is 4.49. The average molecular weight is 569 g/mol. The van der Waals surface area contributed by atoms with Crippen molar-refractivity contribution < 1.29 is 14.4 Å². The van der Waals surface area contributed by atoms with Gasteiger partial charge in [0.1, 0.15) is 12.9 Å². The molecule has 218 valence electrons. The highest BCUT2D eigenvalue weighted by atomic mass is 16.7. The molecule has 5 rings (SSSR count). The molecular weight excluding hydrogens is 532 g/mol. The van der Waals surface area contributed by atoms with Gasteiger partial charge in [0, 0.05) is 25.1 Å². The highest BCUT2D eigenvalue weighted by Gasteiger charge is 2.28. The second-order valence-corrected chi connectivity index (χ2v) is 10.7. The van der Waals surface area contributed by atoms with Gasteiger partial charge in [-0.25, -0.2) is 9.58 Å². The van der Waals surface area contributed by atoms with Crippen LogP contribution in [0.15, 0.2) is 59.7 Å². The summed E-state index contributed by atoms with van der Waals surface area (Å²) < 4.78 is 9.51. The lowest BCUT2D eigenvalue weighted by Gasteiger charge is -2.30. The number of carbonyl (C=O) groups is 1. The van der Waals surface area contributed by atoms with Crippen molar-refractivity contribution in [3.63, 3.8) is 0 Å². The molecular formula is C32H36N6O4. The molecule has 2 aromatic heterocycles. The fraction of sp³-hybridized carbons (Fsp3) is 0.406. The van der Waals surface area contributed by atoms with E-state index < -0.39 is 0 Å². The van der Waals surface area contributed by atoms with Crippen molar-refractivity contribution in [3.8, 4) is 17.2 Å². The molecule has 0 saturated heterocycles. The summed E-state index contributed by atoms with van der Waals surface area (Å²) in [5.41, 5.74) is 5.08. The van der Waals surface area contributed by atoms with Crippen LogP contribution in [0.4, 0.5) is 0 Å². The van der Waals surface area contributed by atoms with Crippen molar-refractivity contribution in [2.75, 3.05) is 20.8 Å². The molecule has 1 aliphatic rings. The van der Waals surface area contributed by atoms with Crippen molar-refractivity contribution in [1.29, 1.82) is 5.26 Å². The van der Waals surface area contributed by atoms with Crippen molar-refractivity contribution in [1.82, 2.24) is 24.2 Å². The van der Waals surface area contributed by atoms with E-state index in [-0.39, 0.29) is 30.2 Å². The lowest BCUT2D eigenvalue weighted by Crippen LogP contribution is -2.36. The largest absolute Gasteiger partial charge is 0.368 e. The van der Waals surface area contributed by atoms with Crippen molar-refractivity contribution in [2.24, 2.45) is 0 Å². The maximum Gasteiger partial charge on any atom is 0.271 e. The van der Waals surface area contributed by atoms with Crippen LogP contribution >= 0.6 is 0 Å². The third-order valence-electron chi connectivity index (χ3n) is 8.08. The number of ether oxygens (including phenoxy) is 1. The number of fused-ring (bicyclic) bond motifs is 1. The van der Waals surface area contributed by atoms with Crippen LogP contribution in [0, 0.1) is 11.3 Å². The minimum absolute atomic E-state index is 0.0286. The normalized spacial score (nSPS) is 16.8. The van der Waals surface area contributed by atoms with E-state index in [0.717, 1.165) is 65.1 Å². The van der Waals surface area contributed by atoms with E-state index in [1.807, 2.05) is 57.6 Å². The molecule has 42 heavy (non-hydrogen) atoms. The Morgan fingerprint density at radius 1 is 1.12 bits per heavy atom. The van der Waals surface area contributed by atoms with Gasteiger partial charge in [0.2, 0.25) is 5.78 Å². The Hall–Kier alpha value is -4.33. The molecule has 10 heteroatoms. The highest BCUT2D eigenvalue weighted by Crippen LogP contribution is 2.31. The number of nitrogens with zero attached hydrogens (tertiary/aromatic N) is 6. The van der Waals surface area contributed by atoms with Gasteiger partial charge in [-0.2, -0.15) is 15.3 Å². The zero-order valence-electron chi connectivity index (χ0n) is 24.3. The van der Waals surface area contributed by atoms with Crippen molar-refractivity contribution >= 4 is 11.7 Å². The number of aryl methyl sites for hydroxylation is 1. The lowest BCUT2D eigenvalue weighted by atomic mass is 9.92. The predicted molar refractivity (Wildman–Crippen MR) is 158 cm³/mol. The molecule has 0 spiro atoms. The van der Waals surface area contributed by atoms with Crippen LogP contribution in [0.5, 0.6) is 0 Å². The van der Waals surface area contributed by atoms with E-state index in [2.05, 4.69) is 23.1 Å². The molecule has 0 bridgehead atoms. The number of likely N-dealkylation sites (N-methyl/N-ethyl adjacent to an activating group) is 1. The zero-order chi connectivity index (χ0) is 29.6. The summed E-state index contributed by atoms with van der Waals surface area (Å²) in [5, 5.41) is 15.2. The molecule has 10 nitrogen and oxygen atoms in total. The van der Waals surface area contributed by atoms with Crippen LogP contribution in [-0.2, 0) is 27.2 Å². The quantitative estimate of drug-likeness (QED) is 0.259. The Labute approximate surface area is 245 Å². The van der Waals surface area contributed by atoms with E-state index in [4.69, 9.17) is 9.57 Å². The van der Waals surface area contributed by atoms with Gasteiger partial charge < -0.3 is 4.74 Å². The smallest absolute Gasteiger partial charge is 0.271 e. The number of aromatic nitrogens is 4. The summed E-state index contributed by atoms with van der Waals surface area (Å²) in [4.78, 5) is 35.7. The highest BCUT2D eigenvalue weighted by molar-refractivity contribution is 5.76. The Bertz CT molecular complexity index is 1640. The second kappa shape index (κ2) is 13.1. The average Bonchev–Trinajstić information content (AvgIpc) is 3.51. The van der Waals surface area contributed by atoms with Crippen LogP contribution < -0.4 is 5.56 Å². The van der Waals surface area contributed by atoms with Gasteiger partial charge in [0.05, 0.1) is 30.5 Å². The molecule has 0 radical (unpaired) electrons. The molecule has 1 saturated carbocycles. The number of benzene rings is 2. The Kier molecular flexibility index (Phi) is 9.10. The van der Waals surface area contributed by atoms with Crippen molar-refractivity contribution in [2.45, 2.75) is 64.0 Å². The topological polar surface area (TPSA) is 115 Å². The maximum absolute atomic E-state index is 14.2. The third-order valence-corrected chi connectivity index (χ3v) is 8.08. The second-order valence-electron chi connectivity index (χ2n) is 10.7. The number of nitriles is 1. The molecule has 1 aliphatic carbocycles. The molecule has 0 unspecified atom stereocenters. The summed E-state index contributed by atoms with van der Waals surface area (Å²) in [6, 6.07) is 17.8. The molecule has 2 heterocycles. The van der Waals surface area contributed by atoms with Gasteiger partial charge in [-0.3, -0.25) is 19.0 Å². The molecule has 1 fully saturated rings. The fourth-order valence-corrected chi connectivity index (χ4v) is 5.77. The van der Waals surface area contributed by atoms with E-state index in [9.17, 15) is 14.9 Å². The van der Waals surface area contributed by atoms with E-state index in [1.54, 1.807) is 7.05 Å². The summed E-state index contributed by atoms with van der Waals surface area (Å²) in [7, 11) is 3.00. The first-order valence-electron chi connectivity index (χ1n) is 14.4. The minimum Gasteiger partial charge on any atom is -0.368 e. The monoisotopic (exact) mass is 568 g/mol. The van der Waals surface area contributed by atoms with Gasteiger partial charge >= 0.3 is 0 Å². The molecule has 2 aromatic carbocycles. The maximum atomic E-state index is 14.2. The molecule has 1 amide bonds. The van der Waals surface area contributed by atoms with Gasteiger partial charge in [-0.1, -0.05) is 55.8 Å². The number of hydrogen-bond acceptors (Lipinski definition) is 7. The van der Waals surface area contributed by atoms with Crippen LogP contribution in [0.25, 0.3) is 16.9 Å². The summed E-state index contributed by atoms with van der Waals surface area (Å²) >= 11 is 0. The van der Waals surface area contributed by atoms with Crippen molar-refractivity contribution in [3.05, 3.63) is 87.6 Å². The SMILES string of the molecule is CCCc1c(Cc2ccc(-c3ccccc3C#N)cc2)c(=O)n([C@H]2CC[C@H](OCC(=O)N(C)OC)CC2)c2ncnn12. The number of carbonyl (C=O) groups excluding carboxylic acids is 1. The molecule has 0 atom stereocenters. The first kappa shape index (κ1) is 29.2. The lowest BCUT2D eigenvalue weighted by molar-refractivity contribution is -0.175. The molecule has 4 aromatic rings. The minimum atomic E-state index is -0.237. The van der Waals surface area contributed by atoms with Crippen LogP contribution in [0.3, 0.4) is 0 Å². The Balaban J connectivity index is 1.41. The standard InChI is InChI=1S/C32H36N6O4/c1-4-7-29-28(18-22-10-12-23(13-11-22)27-9-6-5-8-24(27)19-33)31(40)37(32-34-21-35-38(29)32)25-14-16-26(17-15-25)42-20-30(39)36(2)41-3/h5-6,8-13,21,25-26H,4,7,14-18,20H2,1-3H3/t25-,26-. The molecule has 0 aliphatic heterocycles.